The van der Waals surface area contributed by atoms with Gasteiger partial charge in [-0.3, -0.25) is 10.1 Å². The van der Waals surface area contributed by atoms with Crippen molar-refractivity contribution in [1.82, 2.24) is 9.97 Å². The number of aromatic amines is 1. The molecule has 7 nitrogen and oxygen atoms in total. The summed E-state index contributed by atoms with van der Waals surface area (Å²) < 4.78 is 6.36. The van der Waals surface area contributed by atoms with Crippen LogP contribution in [-0.2, 0) is 12.8 Å². The number of anilines is 1. The number of fused-ring (bicyclic) bond motifs is 5. The molecule has 0 amide bonds. The number of pyridine rings is 1. The average molecular weight is 412 g/mol. The number of aromatic nitrogens is 2. The third kappa shape index (κ3) is 2.63. The third-order valence-electron chi connectivity index (χ3n) is 6.42. The van der Waals surface area contributed by atoms with Crippen LogP contribution in [0.5, 0.6) is 11.6 Å². The molecule has 0 spiro atoms. The number of nitro groups is 1. The number of H-pyrrole nitrogens is 1. The van der Waals surface area contributed by atoms with Crippen LogP contribution in [0.3, 0.4) is 0 Å². The molecule has 0 saturated carbocycles. The van der Waals surface area contributed by atoms with Crippen LogP contribution in [0.2, 0.25) is 0 Å². The summed E-state index contributed by atoms with van der Waals surface area (Å²) in [6.45, 7) is 0. The van der Waals surface area contributed by atoms with Gasteiger partial charge in [0, 0.05) is 34.4 Å². The molecule has 0 saturated heterocycles. The maximum Gasteiger partial charge on any atom is 0.269 e. The van der Waals surface area contributed by atoms with E-state index >= 15 is 0 Å². The molecule has 0 bridgehead atoms. The van der Waals surface area contributed by atoms with Crippen LogP contribution in [0.4, 0.5) is 11.4 Å². The molecule has 31 heavy (non-hydrogen) atoms. The number of nitrogens with two attached hydrogens (primary N) is 1. The van der Waals surface area contributed by atoms with Crippen molar-refractivity contribution in [3.8, 4) is 11.6 Å². The number of hydrogen-bond donors (Lipinski definition) is 2. The molecule has 0 fully saturated rings. The Bertz CT molecular complexity index is 1360. The van der Waals surface area contributed by atoms with Crippen LogP contribution in [-0.4, -0.2) is 14.9 Å². The number of nitrogens with zero attached hydrogens (tertiary/aromatic N) is 2. The number of nitro benzene ring substituents is 1. The highest BCUT2D eigenvalue weighted by atomic mass is 16.6. The number of benzene rings is 2. The van der Waals surface area contributed by atoms with Crippen molar-refractivity contribution in [2.75, 3.05) is 5.73 Å². The lowest BCUT2D eigenvalue weighted by molar-refractivity contribution is -0.384. The summed E-state index contributed by atoms with van der Waals surface area (Å²) in [6.07, 6.45) is 4.01. The molecule has 2 aliphatic rings. The lowest BCUT2D eigenvalue weighted by atomic mass is 9.83. The van der Waals surface area contributed by atoms with Crippen molar-refractivity contribution >= 4 is 22.3 Å². The van der Waals surface area contributed by atoms with E-state index in [2.05, 4.69) is 4.98 Å². The normalized spacial score (nSPS) is 16.8. The standard InChI is InChI=1S/C24H20N4O3/c25-21-15-5-1-3-7-17(15)27-24-20(21)19(13-9-11-14(12-10-13)28(29)30)22-23(31-24)16-6-2-4-8-18(16)26-22/h2,4,6,8-12,19,26H,1,3,5,7H2,(H2,25,27). The minimum Gasteiger partial charge on any atom is -0.436 e. The van der Waals surface area contributed by atoms with E-state index in [9.17, 15) is 10.1 Å². The molecule has 2 aromatic carbocycles. The Morgan fingerprint density at radius 1 is 1.10 bits per heavy atom. The van der Waals surface area contributed by atoms with E-state index in [1.165, 1.54) is 12.1 Å². The van der Waals surface area contributed by atoms with E-state index in [1.807, 2.05) is 24.3 Å². The SMILES string of the molecule is Nc1c2c(nc3c1C(c1ccc([N+](=O)[O-])cc1)c1[nH]c4ccccc4c1O3)CCCC2. The fourth-order valence-corrected chi connectivity index (χ4v) is 4.93. The van der Waals surface area contributed by atoms with Crippen LogP contribution in [0, 0.1) is 10.1 Å². The van der Waals surface area contributed by atoms with Gasteiger partial charge in [0.2, 0.25) is 5.88 Å². The Morgan fingerprint density at radius 2 is 1.87 bits per heavy atom. The van der Waals surface area contributed by atoms with Gasteiger partial charge < -0.3 is 15.5 Å². The van der Waals surface area contributed by atoms with Gasteiger partial charge in [-0.25, -0.2) is 4.98 Å². The zero-order chi connectivity index (χ0) is 21.1. The minimum absolute atomic E-state index is 0.0597. The molecule has 1 aliphatic heterocycles. The molecule has 4 aromatic rings. The fourth-order valence-electron chi connectivity index (χ4n) is 4.93. The largest absolute Gasteiger partial charge is 0.436 e. The molecule has 2 aromatic heterocycles. The smallest absolute Gasteiger partial charge is 0.269 e. The average Bonchev–Trinajstić information content (AvgIpc) is 3.16. The predicted octanol–water partition coefficient (Wildman–Crippen LogP) is 5.22. The number of aryl methyl sites for hydroxylation is 1. The van der Waals surface area contributed by atoms with E-state index in [4.69, 9.17) is 15.5 Å². The van der Waals surface area contributed by atoms with Crippen LogP contribution < -0.4 is 10.5 Å². The van der Waals surface area contributed by atoms with Crippen LogP contribution in [0.25, 0.3) is 10.9 Å². The number of hydrogen-bond acceptors (Lipinski definition) is 5. The topological polar surface area (TPSA) is 107 Å². The zero-order valence-corrected chi connectivity index (χ0v) is 16.7. The van der Waals surface area contributed by atoms with Gasteiger partial charge in [0.1, 0.15) is 0 Å². The van der Waals surface area contributed by atoms with Crippen LogP contribution in [0.1, 0.15) is 46.8 Å². The van der Waals surface area contributed by atoms with Gasteiger partial charge in [0.15, 0.2) is 5.75 Å². The number of para-hydroxylation sites is 1. The maximum absolute atomic E-state index is 11.2. The van der Waals surface area contributed by atoms with Crippen molar-refractivity contribution in [1.29, 1.82) is 0 Å². The summed E-state index contributed by atoms with van der Waals surface area (Å²) in [5.41, 5.74) is 13.3. The predicted molar refractivity (Wildman–Crippen MR) is 118 cm³/mol. The lowest BCUT2D eigenvalue weighted by Gasteiger charge is -2.30. The van der Waals surface area contributed by atoms with Gasteiger partial charge in [0.05, 0.1) is 22.1 Å². The van der Waals surface area contributed by atoms with Gasteiger partial charge in [-0.1, -0.05) is 24.3 Å². The first kappa shape index (κ1) is 17.9. The first-order valence-electron chi connectivity index (χ1n) is 10.5. The third-order valence-corrected chi connectivity index (χ3v) is 6.42. The molecule has 154 valence electrons. The molecule has 7 heteroatoms. The quantitative estimate of drug-likeness (QED) is 0.305. The molecule has 0 radical (unpaired) electrons. The van der Waals surface area contributed by atoms with Gasteiger partial charge in [-0.15, -0.1) is 0 Å². The highest BCUT2D eigenvalue weighted by molar-refractivity contribution is 5.90. The van der Waals surface area contributed by atoms with Gasteiger partial charge in [0.25, 0.3) is 5.69 Å². The van der Waals surface area contributed by atoms with Crippen molar-refractivity contribution in [3.63, 3.8) is 0 Å². The van der Waals surface area contributed by atoms with Crippen molar-refractivity contribution in [2.24, 2.45) is 0 Å². The number of nitrogens with one attached hydrogen (secondary N) is 1. The zero-order valence-electron chi connectivity index (χ0n) is 16.7. The molecule has 3 heterocycles. The van der Waals surface area contributed by atoms with Gasteiger partial charge in [-0.2, -0.15) is 0 Å². The summed E-state index contributed by atoms with van der Waals surface area (Å²) in [5, 5.41) is 12.1. The minimum atomic E-state index is -0.387. The molecule has 1 atom stereocenters. The molecule has 1 unspecified atom stereocenters. The second-order valence-corrected chi connectivity index (χ2v) is 8.17. The Balaban J connectivity index is 1.63. The van der Waals surface area contributed by atoms with E-state index < -0.39 is 0 Å². The van der Waals surface area contributed by atoms with E-state index in [-0.39, 0.29) is 16.5 Å². The molecule has 6 rings (SSSR count). The van der Waals surface area contributed by atoms with Crippen molar-refractivity contribution in [2.45, 2.75) is 31.6 Å². The monoisotopic (exact) mass is 412 g/mol. The molecular formula is C24H20N4O3. The van der Waals surface area contributed by atoms with Crippen LogP contribution in [0.15, 0.2) is 48.5 Å². The first-order valence-corrected chi connectivity index (χ1v) is 10.5. The summed E-state index contributed by atoms with van der Waals surface area (Å²) in [4.78, 5) is 19.2. The summed E-state index contributed by atoms with van der Waals surface area (Å²) in [5.74, 6) is 1.04. The van der Waals surface area contributed by atoms with E-state index in [1.54, 1.807) is 12.1 Å². The fraction of sp³-hybridized carbons (Fsp3) is 0.208. The van der Waals surface area contributed by atoms with Crippen molar-refractivity contribution in [3.05, 3.63) is 86.7 Å². The molecule has 3 N–H and O–H groups in total. The summed E-state index contributed by atoms with van der Waals surface area (Å²) >= 11 is 0. The number of nitrogen functional groups attached to an aromatic ring is 1. The Kier molecular flexibility index (Phi) is 3.80. The Hall–Kier alpha value is -3.87. The van der Waals surface area contributed by atoms with Crippen molar-refractivity contribution < 1.29 is 9.66 Å². The highest BCUT2D eigenvalue weighted by Gasteiger charge is 2.36. The van der Waals surface area contributed by atoms with Gasteiger partial charge >= 0.3 is 0 Å². The van der Waals surface area contributed by atoms with E-state index in [0.717, 1.165) is 76.1 Å². The maximum atomic E-state index is 11.2. The molecule has 1 aliphatic carbocycles. The number of non-ortho nitro benzene ring substituents is 1. The van der Waals surface area contributed by atoms with Gasteiger partial charge in [-0.05, 0) is 48.9 Å². The second-order valence-electron chi connectivity index (χ2n) is 8.17. The summed E-state index contributed by atoms with van der Waals surface area (Å²) in [7, 11) is 0. The first-order chi connectivity index (χ1) is 15.1. The Labute approximate surface area is 178 Å². The lowest BCUT2D eigenvalue weighted by Crippen LogP contribution is -2.19. The summed E-state index contributed by atoms with van der Waals surface area (Å²) in [6, 6.07) is 14.6. The van der Waals surface area contributed by atoms with Crippen LogP contribution >= 0.6 is 0 Å². The van der Waals surface area contributed by atoms with E-state index in [0.29, 0.717) is 5.88 Å². The number of rotatable bonds is 2. The number of ether oxygens (including phenoxy) is 1. The highest BCUT2D eigenvalue weighted by Crippen LogP contribution is 2.52. The second kappa shape index (κ2) is 6.57. The molecular weight excluding hydrogens is 392 g/mol. The Morgan fingerprint density at radius 3 is 2.68 bits per heavy atom.